The first kappa shape index (κ1) is 20.7. The van der Waals surface area contributed by atoms with Crippen LogP contribution in [0.2, 0.25) is 0 Å². The number of amides is 1. The first-order valence-corrected chi connectivity index (χ1v) is 11.8. The summed E-state index contributed by atoms with van der Waals surface area (Å²) in [6, 6.07) is 15.6. The SMILES string of the molecule is O=C(NCC1C2CN(Cc3ccccn3)CC12)C(O)(c1ccccc1)C1CCCCC1. The van der Waals surface area contributed by atoms with Crippen molar-refractivity contribution in [2.75, 3.05) is 19.6 Å². The summed E-state index contributed by atoms with van der Waals surface area (Å²) >= 11 is 0. The molecule has 2 aromatic rings. The van der Waals surface area contributed by atoms with E-state index in [9.17, 15) is 9.90 Å². The number of carbonyl (C=O) groups is 1. The Labute approximate surface area is 184 Å². The molecular weight excluding hydrogens is 386 g/mol. The van der Waals surface area contributed by atoms with Crippen molar-refractivity contribution in [2.45, 2.75) is 44.2 Å². The van der Waals surface area contributed by atoms with Crippen LogP contribution in [-0.4, -0.2) is 40.5 Å². The van der Waals surface area contributed by atoms with Gasteiger partial charge in [0.15, 0.2) is 5.60 Å². The number of fused-ring (bicyclic) bond motifs is 1. The van der Waals surface area contributed by atoms with Crippen LogP contribution >= 0.6 is 0 Å². The predicted molar refractivity (Wildman–Crippen MR) is 120 cm³/mol. The van der Waals surface area contributed by atoms with E-state index >= 15 is 0 Å². The van der Waals surface area contributed by atoms with Gasteiger partial charge in [0.25, 0.3) is 5.91 Å². The number of aliphatic hydroxyl groups is 1. The Hall–Kier alpha value is -2.24. The van der Waals surface area contributed by atoms with Crippen molar-refractivity contribution in [3.05, 3.63) is 66.0 Å². The third-order valence-electron chi connectivity index (χ3n) is 7.81. The number of nitrogens with one attached hydrogen (secondary N) is 1. The number of nitrogens with zero attached hydrogens (tertiary/aromatic N) is 2. The van der Waals surface area contributed by atoms with Gasteiger partial charge in [0.1, 0.15) is 0 Å². The van der Waals surface area contributed by atoms with Crippen LogP contribution in [-0.2, 0) is 16.9 Å². The van der Waals surface area contributed by atoms with E-state index in [1.165, 1.54) is 6.42 Å². The molecule has 3 atom stereocenters. The van der Waals surface area contributed by atoms with Crippen molar-refractivity contribution in [1.29, 1.82) is 0 Å². The summed E-state index contributed by atoms with van der Waals surface area (Å²) in [5.74, 6) is 1.64. The minimum atomic E-state index is -1.42. The number of benzene rings is 1. The molecule has 0 spiro atoms. The number of hydrogen-bond acceptors (Lipinski definition) is 4. The zero-order valence-corrected chi connectivity index (χ0v) is 18.1. The molecule has 164 valence electrons. The molecule has 1 amide bonds. The first-order valence-electron chi connectivity index (χ1n) is 11.8. The lowest BCUT2D eigenvalue weighted by atomic mass is 9.73. The van der Waals surface area contributed by atoms with Crippen molar-refractivity contribution in [1.82, 2.24) is 15.2 Å². The van der Waals surface area contributed by atoms with Gasteiger partial charge in [-0.1, -0.05) is 55.7 Å². The fourth-order valence-electron chi connectivity index (χ4n) is 6.00. The monoisotopic (exact) mass is 419 g/mol. The quantitative estimate of drug-likeness (QED) is 0.722. The second-order valence-electron chi connectivity index (χ2n) is 9.68. The van der Waals surface area contributed by atoms with Crippen LogP contribution < -0.4 is 5.32 Å². The van der Waals surface area contributed by atoms with Crippen molar-refractivity contribution < 1.29 is 9.90 Å². The number of hydrogen-bond donors (Lipinski definition) is 2. The van der Waals surface area contributed by atoms with Crippen LogP contribution in [0.1, 0.15) is 43.4 Å². The Kier molecular flexibility index (Phi) is 5.81. The number of piperidine rings is 1. The van der Waals surface area contributed by atoms with E-state index in [0.717, 1.165) is 56.6 Å². The van der Waals surface area contributed by atoms with E-state index in [1.807, 2.05) is 48.7 Å². The zero-order valence-electron chi connectivity index (χ0n) is 18.1. The van der Waals surface area contributed by atoms with Crippen LogP contribution in [0.25, 0.3) is 0 Å². The lowest BCUT2D eigenvalue weighted by molar-refractivity contribution is -0.149. The molecule has 1 saturated heterocycles. The third-order valence-corrected chi connectivity index (χ3v) is 7.81. The second-order valence-corrected chi connectivity index (χ2v) is 9.68. The molecule has 31 heavy (non-hydrogen) atoms. The van der Waals surface area contributed by atoms with Gasteiger partial charge >= 0.3 is 0 Å². The van der Waals surface area contributed by atoms with Crippen LogP contribution in [0.15, 0.2) is 54.7 Å². The minimum Gasteiger partial charge on any atom is -0.375 e. The maximum Gasteiger partial charge on any atom is 0.256 e. The molecule has 2 heterocycles. The van der Waals surface area contributed by atoms with Gasteiger partial charge in [-0.3, -0.25) is 14.7 Å². The minimum absolute atomic E-state index is 0.00350. The number of pyridine rings is 1. The highest BCUT2D eigenvalue weighted by Crippen LogP contribution is 2.51. The highest BCUT2D eigenvalue weighted by molar-refractivity contribution is 5.86. The Bertz CT molecular complexity index is 872. The summed E-state index contributed by atoms with van der Waals surface area (Å²) in [6.45, 7) is 3.73. The molecule has 5 nitrogen and oxygen atoms in total. The summed E-state index contributed by atoms with van der Waals surface area (Å²) in [6.07, 6.45) is 7.05. The van der Waals surface area contributed by atoms with Gasteiger partial charge in [-0.25, -0.2) is 0 Å². The smallest absolute Gasteiger partial charge is 0.256 e. The maximum atomic E-state index is 13.3. The topological polar surface area (TPSA) is 65.5 Å². The average molecular weight is 420 g/mol. The van der Waals surface area contributed by atoms with Gasteiger partial charge in [0, 0.05) is 38.3 Å². The molecule has 0 radical (unpaired) electrons. The summed E-state index contributed by atoms with van der Waals surface area (Å²) < 4.78 is 0. The molecule has 5 rings (SSSR count). The fourth-order valence-corrected chi connectivity index (χ4v) is 6.00. The Morgan fingerprint density at radius 2 is 1.74 bits per heavy atom. The average Bonchev–Trinajstić information content (AvgIpc) is 3.29. The molecule has 2 aliphatic carbocycles. The standard InChI is InChI=1S/C26H33N3O2/c30-25(26(31,19-9-3-1-4-10-19)20-11-5-2-6-12-20)28-15-22-23-17-29(18-24(22)23)16-21-13-7-8-14-27-21/h1,3-4,7-10,13-14,20,22-24,31H,2,5-6,11-12,15-18H2,(H,28,30). The maximum absolute atomic E-state index is 13.3. The molecule has 5 heteroatoms. The molecule has 1 aromatic carbocycles. The van der Waals surface area contributed by atoms with Crippen LogP contribution in [0.3, 0.4) is 0 Å². The van der Waals surface area contributed by atoms with Crippen molar-refractivity contribution >= 4 is 5.91 Å². The number of rotatable bonds is 7. The molecule has 0 bridgehead atoms. The molecule has 3 aliphatic rings. The van der Waals surface area contributed by atoms with Gasteiger partial charge in [-0.05, 0) is 48.3 Å². The molecular formula is C26H33N3O2. The van der Waals surface area contributed by atoms with Gasteiger partial charge in [-0.15, -0.1) is 0 Å². The van der Waals surface area contributed by atoms with Crippen molar-refractivity contribution in [2.24, 2.45) is 23.7 Å². The van der Waals surface area contributed by atoms with E-state index < -0.39 is 5.60 Å². The molecule has 1 aromatic heterocycles. The van der Waals surface area contributed by atoms with E-state index in [2.05, 4.69) is 21.3 Å². The third kappa shape index (κ3) is 4.13. The van der Waals surface area contributed by atoms with Gasteiger partial charge in [0.05, 0.1) is 5.69 Å². The highest BCUT2D eigenvalue weighted by Gasteiger charge is 2.55. The molecule has 3 unspecified atom stereocenters. The van der Waals surface area contributed by atoms with Crippen LogP contribution in [0.5, 0.6) is 0 Å². The van der Waals surface area contributed by atoms with Crippen molar-refractivity contribution in [3.8, 4) is 0 Å². The highest BCUT2D eigenvalue weighted by atomic mass is 16.3. The summed E-state index contributed by atoms with van der Waals surface area (Å²) in [5, 5.41) is 14.8. The first-order chi connectivity index (χ1) is 15.2. The lowest BCUT2D eigenvalue weighted by Gasteiger charge is -2.37. The van der Waals surface area contributed by atoms with E-state index in [-0.39, 0.29) is 11.8 Å². The number of likely N-dealkylation sites (tertiary alicyclic amines) is 1. The summed E-state index contributed by atoms with van der Waals surface area (Å²) in [4.78, 5) is 20.2. The van der Waals surface area contributed by atoms with Gasteiger partial charge in [-0.2, -0.15) is 0 Å². The Morgan fingerprint density at radius 1 is 1.03 bits per heavy atom. The van der Waals surface area contributed by atoms with Gasteiger partial charge < -0.3 is 10.4 Å². The van der Waals surface area contributed by atoms with E-state index in [0.29, 0.717) is 24.3 Å². The fraction of sp³-hybridized carbons (Fsp3) is 0.538. The Morgan fingerprint density at radius 3 is 2.42 bits per heavy atom. The predicted octanol–water partition coefficient (Wildman–Crippen LogP) is 3.34. The molecule has 1 aliphatic heterocycles. The lowest BCUT2D eigenvalue weighted by Crippen LogP contribution is -2.50. The van der Waals surface area contributed by atoms with Crippen molar-refractivity contribution in [3.63, 3.8) is 0 Å². The van der Waals surface area contributed by atoms with E-state index in [4.69, 9.17) is 0 Å². The second kappa shape index (κ2) is 8.71. The number of carbonyl (C=O) groups excluding carboxylic acids is 1. The zero-order chi connectivity index (χ0) is 21.3. The van der Waals surface area contributed by atoms with Crippen LogP contribution in [0.4, 0.5) is 0 Å². The molecule has 2 saturated carbocycles. The van der Waals surface area contributed by atoms with Gasteiger partial charge in [0.2, 0.25) is 0 Å². The van der Waals surface area contributed by atoms with E-state index in [1.54, 1.807) is 0 Å². The molecule has 3 fully saturated rings. The summed E-state index contributed by atoms with van der Waals surface area (Å²) in [5.41, 5.74) is 0.433. The van der Waals surface area contributed by atoms with Crippen LogP contribution in [0, 0.1) is 23.7 Å². The Balaban J connectivity index is 1.18. The molecule has 2 N–H and O–H groups in total. The number of aromatic nitrogens is 1. The summed E-state index contributed by atoms with van der Waals surface area (Å²) in [7, 11) is 0. The largest absolute Gasteiger partial charge is 0.375 e. The normalized spacial score (nSPS) is 28.0.